The van der Waals surface area contributed by atoms with E-state index in [9.17, 15) is 4.79 Å². The Labute approximate surface area is 159 Å². The first-order valence-corrected chi connectivity index (χ1v) is 8.87. The van der Waals surface area contributed by atoms with Crippen molar-refractivity contribution in [2.45, 2.75) is 20.3 Å². The van der Waals surface area contributed by atoms with Crippen molar-refractivity contribution in [2.24, 2.45) is 0 Å². The van der Waals surface area contributed by atoms with Crippen LogP contribution < -0.4 is 15.4 Å². The lowest BCUT2D eigenvalue weighted by atomic mass is 10.1. The summed E-state index contributed by atoms with van der Waals surface area (Å²) in [6, 6.07) is 17.0. The maximum absolute atomic E-state index is 12.4. The number of rotatable bonds is 6. The highest BCUT2D eigenvalue weighted by Gasteiger charge is 2.09. The van der Waals surface area contributed by atoms with Crippen LogP contribution in [0.5, 0.6) is 5.75 Å². The van der Waals surface area contributed by atoms with Crippen LogP contribution in [0.4, 0.5) is 17.2 Å². The SMILES string of the molecule is CCc1cccc(C)c1Nc1ccc(NC(=O)c2cccc(OC)c2)cn1. The number of amides is 1. The Hall–Kier alpha value is -3.34. The number of para-hydroxylation sites is 1. The molecule has 0 atom stereocenters. The molecule has 138 valence electrons. The van der Waals surface area contributed by atoms with Gasteiger partial charge in [-0.1, -0.05) is 31.2 Å². The molecular formula is C22H23N3O2. The third kappa shape index (κ3) is 4.44. The van der Waals surface area contributed by atoms with Crippen LogP contribution >= 0.6 is 0 Å². The van der Waals surface area contributed by atoms with Crippen molar-refractivity contribution in [3.8, 4) is 5.75 Å². The van der Waals surface area contributed by atoms with Gasteiger partial charge in [-0.05, 0) is 54.8 Å². The van der Waals surface area contributed by atoms with Crippen LogP contribution in [0.1, 0.15) is 28.4 Å². The number of nitrogens with zero attached hydrogens (tertiary/aromatic N) is 1. The Balaban J connectivity index is 1.71. The summed E-state index contributed by atoms with van der Waals surface area (Å²) in [7, 11) is 1.57. The van der Waals surface area contributed by atoms with E-state index in [1.807, 2.05) is 12.1 Å². The zero-order chi connectivity index (χ0) is 19.2. The zero-order valence-corrected chi connectivity index (χ0v) is 15.7. The molecule has 0 radical (unpaired) electrons. The second-order valence-corrected chi connectivity index (χ2v) is 6.21. The van der Waals surface area contributed by atoms with Crippen LogP contribution in [-0.4, -0.2) is 18.0 Å². The predicted molar refractivity (Wildman–Crippen MR) is 109 cm³/mol. The normalized spacial score (nSPS) is 10.3. The molecule has 0 spiro atoms. The molecule has 2 aromatic carbocycles. The molecule has 0 aliphatic carbocycles. The summed E-state index contributed by atoms with van der Waals surface area (Å²) >= 11 is 0. The molecule has 0 unspecified atom stereocenters. The fraction of sp³-hybridized carbons (Fsp3) is 0.182. The minimum atomic E-state index is -0.205. The van der Waals surface area contributed by atoms with Gasteiger partial charge in [0.25, 0.3) is 5.91 Å². The Morgan fingerprint density at radius 2 is 1.93 bits per heavy atom. The molecule has 0 fully saturated rings. The highest BCUT2D eigenvalue weighted by atomic mass is 16.5. The van der Waals surface area contributed by atoms with Crippen molar-refractivity contribution >= 4 is 23.1 Å². The molecule has 0 aliphatic rings. The van der Waals surface area contributed by atoms with Crippen LogP contribution in [0, 0.1) is 6.92 Å². The molecule has 2 N–H and O–H groups in total. The van der Waals surface area contributed by atoms with Crippen LogP contribution in [0.25, 0.3) is 0 Å². The number of aryl methyl sites for hydroxylation is 2. The number of nitrogens with one attached hydrogen (secondary N) is 2. The molecule has 0 saturated heterocycles. The number of ether oxygens (including phenoxy) is 1. The third-order valence-corrected chi connectivity index (χ3v) is 4.35. The average molecular weight is 361 g/mol. The number of methoxy groups -OCH3 is 1. The lowest BCUT2D eigenvalue weighted by Crippen LogP contribution is -2.12. The Morgan fingerprint density at radius 3 is 2.63 bits per heavy atom. The first-order valence-electron chi connectivity index (χ1n) is 8.87. The van der Waals surface area contributed by atoms with Crippen molar-refractivity contribution < 1.29 is 9.53 Å². The molecule has 0 saturated carbocycles. The molecule has 0 bridgehead atoms. The third-order valence-electron chi connectivity index (χ3n) is 4.35. The van der Waals surface area contributed by atoms with Gasteiger partial charge in [0.05, 0.1) is 19.0 Å². The van der Waals surface area contributed by atoms with E-state index in [-0.39, 0.29) is 5.91 Å². The van der Waals surface area contributed by atoms with E-state index in [4.69, 9.17) is 4.74 Å². The lowest BCUT2D eigenvalue weighted by molar-refractivity contribution is 0.102. The maximum Gasteiger partial charge on any atom is 0.255 e. The molecule has 3 aromatic rings. The minimum Gasteiger partial charge on any atom is -0.497 e. The largest absolute Gasteiger partial charge is 0.497 e. The molecule has 3 rings (SSSR count). The molecule has 5 heteroatoms. The molecular weight excluding hydrogens is 338 g/mol. The first kappa shape index (κ1) is 18.5. The quantitative estimate of drug-likeness (QED) is 0.651. The molecule has 1 amide bonds. The maximum atomic E-state index is 12.4. The van der Waals surface area contributed by atoms with Crippen molar-refractivity contribution in [2.75, 3.05) is 17.7 Å². The van der Waals surface area contributed by atoms with E-state index >= 15 is 0 Å². The second kappa shape index (κ2) is 8.36. The number of carbonyl (C=O) groups excluding carboxylic acids is 1. The van der Waals surface area contributed by atoms with Gasteiger partial charge < -0.3 is 15.4 Å². The van der Waals surface area contributed by atoms with Gasteiger partial charge >= 0.3 is 0 Å². The van der Waals surface area contributed by atoms with Crippen molar-refractivity contribution in [1.29, 1.82) is 0 Å². The summed E-state index contributed by atoms with van der Waals surface area (Å²) in [5.41, 5.74) is 4.66. The van der Waals surface area contributed by atoms with Gasteiger partial charge in [0.2, 0.25) is 0 Å². The number of carbonyl (C=O) groups is 1. The number of hydrogen-bond acceptors (Lipinski definition) is 4. The fourth-order valence-electron chi connectivity index (χ4n) is 2.84. The smallest absolute Gasteiger partial charge is 0.255 e. The van der Waals surface area contributed by atoms with E-state index in [0.29, 0.717) is 17.0 Å². The molecule has 0 aliphatic heterocycles. The molecule has 1 heterocycles. The highest BCUT2D eigenvalue weighted by molar-refractivity contribution is 6.04. The average Bonchev–Trinajstić information content (AvgIpc) is 2.70. The summed E-state index contributed by atoms with van der Waals surface area (Å²) in [6.45, 7) is 4.20. The van der Waals surface area contributed by atoms with Gasteiger partial charge in [-0.3, -0.25) is 4.79 Å². The summed E-state index contributed by atoms with van der Waals surface area (Å²) in [6.07, 6.45) is 2.59. The fourth-order valence-corrected chi connectivity index (χ4v) is 2.84. The molecule has 5 nitrogen and oxygen atoms in total. The van der Waals surface area contributed by atoms with Gasteiger partial charge in [-0.2, -0.15) is 0 Å². The Morgan fingerprint density at radius 1 is 1.11 bits per heavy atom. The number of hydrogen-bond donors (Lipinski definition) is 2. The zero-order valence-electron chi connectivity index (χ0n) is 15.7. The predicted octanol–water partition coefficient (Wildman–Crippen LogP) is 4.96. The van der Waals surface area contributed by atoms with Gasteiger partial charge in [-0.15, -0.1) is 0 Å². The second-order valence-electron chi connectivity index (χ2n) is 6.21. The van der Waals surface area contributed by atoms with E-state index < -0.39 is 0 Å². The van der Waals surface area contributed by atoms with Gasteiger partial charge in [0.15, 0.2) is 0 Å². The van der Waals surface area contributed by atoms with E-state index in [1.165, 1.54) is 11.1 Å². The van der Waals surface area contributed by atoms with Gasteiger partial charge in [0, 0.05) is 11.3 Å². The van der Waals surface area contributed by atoms with Crippen LogP contribution in [-0.2, 0) is 6.42 Å². The van der Waals surface area contributed by atoms with Gasteiger partial charge in [-0.25, -0.2) is 4.98 Å². The first-order chi connectivity index (χ1) is 13.1. The Kier molecular flexibility index (Phi) is 5.71. The van der Waals surface area contributed by atoms with Crippen LogP contribution in [0.2, 0.25) is 0 Å². The monoisotopic (exact) mass is 361 g/mol. The number of pyridine rings is 1. The topological polar surface area (TPSA) is 63.2 Å². The molecule has 1 aromatic heterocycles. The minimum absolute atomic E-state index is 0.205. The van der Waals surface area contributed by atoms with Crippen molar-refractivity contribution in [3.63, 3.8) is 0 Å². The van der Waals surface area contributed by atoms with E-state index in [0.717, 1.165) is 17.9 Å². The molecule has 27 heavy (non-hydrogen) atoms. The van der Waals surface area contributed by atoms with Crippen LogP contribution in [0.3, 0.4) is 0 Å². The number of aromatic nitrogens is 1. The Bertz CT molecular complexity index is 937. The standard InChI is InChI=1S/C22H23N3O2/c1-4-16-8-5-7-15(2)21(16)25-20-12-11-18(14-23-20)24-22(26)17-9-6-10-19(13-17)27-3/h5-14H,4H2,1-3H3,(H,23,25)(H,24,26). The summed E-state index contributed by atoms with van der Waals surface area (Å²) in [5, 5.41) is 6.23. The van der Waals surface area contributed by atoms with Crippen molar-refractivity contribution in [1.82, 2.24) is 4.98 Å². The summed E-state index contributed by atoms with van der Waals surface area (Å²) < 4.78 is 5.16. The van der Waals surface area contributed by atoms with E-state index in [2.05, 4.69) is 47.7 Å². The number of benzene rings is 2. The lowest BCUT2D eigenvalue weighted by Gasteiger charge is -2.14. The van der Waals surface area contributed by atoms with Gasteiger partial charge in [0.1, 0.15) is 11.6 Å². The summed E-state index contributed by atoms with van der Waals surface area (Å²) in [4.78, 5) is 16.8. The number of anilines is 3. The van der Waals surface area contributed by atoms with E-state index in [1.54, 1.807) is 37.6 Å². The summed E-state index contributed by atoms with van der Waals surface area (Å²) in [5.74, 6) is 1.17. The van der Waals surface area contributed by atoms with Crippen LogP contribution in [0.15, 0.2) is 60.8 Å². The van der Waals surface area contributed by atoms with Crippen molar-refractivity contribution in [3.05, 3.63) is 77.5 Å². The highest BCUT2D eigenvalue weighted by Crippen LogP contribution is 2.25.